The monoisotopic (exact) mass is 330 g/mol. The van der Waals surface area contributed by atoms with E-state index in [4.69, 9.17) is 4.74 Å². The predicted octanol–water partition coefficient (Wildman–Crippen LogP) is 1.30. The fourth-order valence-electron chi connectivity index (χ4n) is 3.02. The summed E-state index contributed by atoms with van der Waals surface area (Å²) in [6, 6.07) is 9.20. The molecule has 1 aromatic carbocycles. The number of benzene rings is 1. The summed E-state index contributed by atoms with van der Waals surface area (Å²) in [5.41, 5.74) is -1.49. The van der Waals surface area contributed by atoms with E-state index in [0.29, 0.717) is 18.0 Å². The second-order valence-electron chi connectivity index (χ2n) is 7.50. The van der Waals surface area contributed by atoms with Crippen LogP contribution >= 0.6 is 0 Å². The maximum atomic E-state index is 12.2. The molecule has 1 aliphatic heterocycles. The van der Waals surface area contributed by atoms with Crippen LogP contribution in [-0.2, 0) is 4.74 Å². The van der Waals surface area contributed by atoms with Gasteiger partial charge in [0.1, 0.15) is 5.60 Å². The van der Waals surface area contributed by atoms with Gasteiger partial charge in [-0.15, -0.1) is 0 Å². The van der Waals surface area contributed by atoms with Gasteiger partial charge in [-0.05, 0) is 32.9 Å². The molecular weight excluding hydrogens is 302 g/mol. The Morgan fingerprint density at radius 2 is 1.96 bits per heavy atom. The van der Waals surface area contributed by atoms with Crippen LogP contribution in [0.2, 0.25) is 0 Å². The Morgan fingerprint density at radius 3 is 2.58 bits per heavy atom. The zero-order valence-electron chi connectivity index (χ0n) is 15.2. The standard InChI is InChI=1S/C20H27NO3/c1-15-14-21(5)16(2)13-20(15,23)12-11-19(3,4)24-18(22)17-9-7-6-8-10-17/h6-10,15-16,23H,13-14H2,1-5H3/p+1/t15-,16-,20+/m1/s1. The summed E-state index contributed by atoms with van der Waals surface area (Å²) in [7, 11) is 2.14. The molecular formula is C20H28NO3+. The van der Waals surface area contributed by atoms with Gasteiger partial charge in [-0.2, -0.15) is 0 Å². The van der Waals surface area contributed by atoms with Gasteiger partial charge in [0.05, 0.1) is 25.2 Å². The maximum absolute atomic E-state index is 12.2. The zero-order chi connectivity index (χ0) is 18.0. The molecule has 1 aromatic rings. The summed E-state index contributed by atoms with van der Waals surface area (Å²) in [5.74, 6) is 5.66. The highest BCUT2D eigenvalue weighted by atomic mass is 16.6. The van der Waals surface area contributed by atoms with Crippen molar-refractivity contribution in [2.45, 2.75) is 51.4 Å². The fraction of sp³-hybridized carbons (Fsp3) is 0.550. The van der Waals surface area contributed by atoms with Crippen molar-refractivity contribution in [1.29, 1.82) is 0 Å². The van der Waals surface area contributed by atoms with Gasteiger partial charge in [-0.1, -0.05) is 37.0 Å². The van der Waals surface area contributed by atoms with E-state index in [1.807, 2.05) is 13.0 Å². The topological polar surface area (TPSA) is 51.0 Å². The third-order valence-electron chi connectivity index (χ3n) is 4.84. The Bertz CT molecular complexity index is 644. The fourth-order valence-corrected chi connectivity index (χ4v) is 3.02. The molecule has 0 aromatic heterocycles. The van der Waals surface area contributed by atoms with Gasteiger partial charge in [0.2, 0.25) is 0 Å². The summed E-state index contributed by atoms with van der Waals surface area (Å²) in [4.78, 5) is 13.6. The highest BCUT2D eigenvalue weighted by molar-refractivity contribution is 5.89. The van der Waals surface area contributed by atoms with Gasteiger partial charge in [-0.3, -0.25) is 0 Å². The molecule has 4 heteroatoms. The number of ether oxygens (including phenoxy) is 1. The largest absolute Gasteiger partial charge is 0.443 e. The molecule has 0 radical (unpaired) electrons. The minimum absolute atomic E-state index is 0.0711. The van der Waals surface area contributed by atoms with E-state index in [0.717, 1.165) is 6.54 Å². The van der Waals surface area contributed by atoms with Crippen LogP contribution in [0.4, 0.5) is 0 Å². The molecule has 0 saturated carbocycles. The molecule has 0 aliphatic carbocycles. The first kappa shape index (κ1) is 18.5. The zero-order valence-corrected chi connectivity index (χ0v) is 15.2. The van der Waals surface area contributed by atoms with Crippen molar-refractivity contribution in [3.05, 3.63) is 35.9 Å². The predicted molar refractivity (Wildman–Crippen MR) is 93.7 cm³/mol. The van der Waals surface area contributed by atoms with Crippen molar-refractivity contribution >= 4 is 5.97 Å². The molecule has 0 amide bonds. The first-order valence-electron chi connectivity index (χ1n) is 8.50. The third kappa shape index (κ3) is 4.37. The Morgan fingerprint density at radius 1 is 1.33 bits per heavy atom. The van der Waals surface area contributed by atoms with Crippen LogP contribution in [-0.4, -0.2) is 41.9 Å². The number of esters is 1. The van der Waals surface area contributed by atoms with E-state index in [1.54, 1.807) is 38.1 Å². The van der Waals surface area contributed by atoms with Crippen LogP contribution in [0.3, 0.4) is 0 Å². The van der Waals surface area contributed by atoms with Crippen LogP contribution < -0.4 is 4.90 Å². The average molecular weight is 330 g/mol. The van der Waals surface area contributed by atoms with Gasteiger partial charge in [0, 0.05) is 12.3 Å². The van der Waals surface area contributed by atoms with E-state index >= 15 is 0 Å². The lowest BCUT2D eigenvalue weighted by Gasteiger charge is -2.40. The van der Waals surface area contributed by atoms with Crippen LogP contribution in [0.15, 0.2) is 30.3 Å². The SMILES string of the molecule is C[C@@H]1C[C@@](O)(C#CC(C)(C)OC(=O)c2ccccc2)[C@H](C)C[NH+]1C. The van der Waals surface area contributed by atoms with E-state index in [-0.39, 0.29) is 5.92 Å². The quantitative estimate of drug-likeness (QED) is 0.635. The van der Waals surface area contributed by atoms with Crippen molar-refractivity contribution in [3.63, 3.8) is 0 Å². The van der Waals surface area contributed by atoms with Gasteiger partial charge in [-0.25, -0.2) is 4.79 Å². The Balaban J connectivity index is 2.11. The van der Waals surface area contributed by atoms with Crippen molar-refractivity contribution in [3.8, 4) is 11.8 Å². The number of likely N-dealkylation sites (tertiary alicyclic amines) is 1. The van der Waals surface area contributed by atoms with E-state index in [1.165, 1.54) is 4.90 Å². The Hall–Kier alpha value is -1.83. The number of quaternary nitrogens is 1. The lowest BCUT2D eigenvalue weighted by Crippen LogP contribution is -3.15. The number of piperidine rings is 1. The molecule has 4 atom stereocenters. The van der Waals surface area contributed by atoms with Crippen LogP contribution in [0.1, 0.15) is 44.5 Å². The first-order valence-corrected chi connectivity index (χ1v) is 8.50. The average Bonchev–Trinajstić information content (AvgIpc) is 2.52. The molecule has 24 heavy (non-hydrogen) atoms. The summed E-state index contributed by atoms with van der Waals surface area (Å²) in [6.45, 7) is 8.51. The molecule has 1 saturated heterocycles. The molecule has 0 spiro atoms. The van der Waals surface area contributed by atoms with E-state index < -0.39 is 17.2 Å². The molecule has 1 fully saturated rings. The highest BCUT2D eigenvalue weighted by Crippen LogP contribution is 2.25. The second-order valence-corrected chi connectivity index (χ2v) is 7.50. The molecule has 1 unspecified atom stereocenters. The molecule has 2 rings (SSSR count). The van der Waals surface area contributed by atoms with E-state index in [9.17, 15) is 9.90 Å². The number of aliphatic hydroxyl groups is 1. The number of nitrogens with one attached hydrogen (secondary N) is 1. The second kappa shape index (κ2) is 6.96. The molecule has 1 aliphatic rings. The van der Waals surface area contributed by atoms with Crippen molar-refractivity contribution < 1.29 is 19.5 Å². The molecule has 2 N–H and O–H groups in total. The molecule has 1 heterocycles. The van der Waals surface area contributed by atoms with Crippen LogP contribution in [0.5, 0.6) is 0 Å². The maximum Gasteiger partial charge on any atom is 0.339 e. The van der Waals surface area contributed by atoms with Gasteiger partial charge in [0.15, 0.2) is 5.60 Å². The van der Waals surface area contributed by atoms with Gasteiger partial charge in [0.25, 0.3) is 0 Å². The normalized spacial score (nSPS) is 30.2. The minimum atomic E-state index is -1.03. The summed E-state index contributed by atoms with van der Waals surface area (Å²) in [5, 5.41) is 10.9. The van der Waals surface area contributed by atoms with Crippen LogP contribution in [0, 0.1) is 17.8 Å². The number of carbonyl (C=O) groups excluding carboxylic acids is 1. The lowest BCUT2D eigenvalue weighted by atomic mass is 9.79. The van der Waals surface area contributed by atoms with Crippen molar-refractivity contribution in [1.82, 2.24) is 0 Å². The van der Waals surface area contributed by atoms with Gasteiger partial charge >= 0.3 is 5.97 Å². The molecule has 130 valence electrons. The number of carbonyl (C=O) groups is 1. The summed E-state index contributed by atoms with van der Waals surface area (Å²) in [6.07, 6.45) is 0.621. The highest BCUT2D eigenvalue weighted by Gasteiger charge is 2.42. The number of rotatable bonds is 2. The van der Waals surface area contributed by atoms with E-state index in [2.05, 4.69) is 25.8 Å². The van der Waals surface area contributed by atoms with Crippen LogP contribution in [0.25, 0.3) is 0 Å². The summed E-state index contributed by atoms with van der Waals surface area (Å²) >= 11 is 0. The molecule has 4 nitrogen and oxygen atoms in total. The Labute approximate surface area is 144 Å². The molecule has 0 bridgehead atoms. The smallest absolute Gasteiger partial charge is 0.339 e. The minimum Gasteiger partial charge on any atom is -0.443 e. The Kier molecular flexibility index (Phi) is 5.37. The third-order valence-corrected chi connectivity index (χ3v) is 4.84. The van der Waals surface area contributed by atoms with Crippen molar-refractivity contribution in [2.75, 3.05) is 13.6 Å². The lowest BCUT2D eigenvalue weighted by molar-refractivity contribution is -0.915. The van der Waals surface area contributed by atoms with Crippen molar-refractivity contribution in [2.24, 2.45) is 5.92 Å². The number of hydrogen-bond acceptors (Lipinski definition) is 3. The first-order chi connectivity index (χ1) is 11.1. The summed E-state index contributed by atoms with van der Waals surface area (Å²) < 4.78 is 5.51. The number of hydrogen-bond donors (Lipinski definition) is 2. The van der Waals surface area contributed by atoms with Gasteiger partial charge < -0.3 is 14.7 Å².